The molecule has 0 saturated carbocycles. The van der Waals surface area contributed by atoms with E-state index >= 15 is 0 Å². The summed E-state index contributed by atoms with van der Waals surface area (Å²) in [6.45, 7) is 3.65. The number of alkyl halides is 6. The standard InChI is InChI=1S/C32H20F10O2/c1-2-3-4-18-5-8-20(9-6-18)21-10-12-24(27(35)15-21)31(38,39)43-22-16-25(33)23(26(34)17-22)11-7-19-13-28(36)30(29(37)14-19)44-32(40,41)42/h2,5-6,8-10,12-17,23,25H,1,3-4H2. The van der Waals surface area contributed by atoms with Crippen LogP contribution in [0.3, 0.4) is 0 Å². The van der Waals surface area contributed by atoms with Crippen LogP contribution in [0.25, 0.3) is 11.1 Å². The van der Waals surface area contributed by atoms with Gasteiger partial charge in [-0.05, 0) is 59.9 Å². The van der Waals surface area contributed by atoms with Gasteiger partial charge in [0.05, 0.1) is 5.56 Å². The third-order valence-electron chi connectivity index (χ3n) is 6.26. The summed E-state index contributed by atoms with van der Waals surface area (Å²) in [7, 11) is 0. The molecule has 0 radical (unpaired) electrons. The molecular formula is C32H20F10O2. The van der Waals surface area contributed by atoms with Crippen LogP contribution >= 0.6 is 0 Å². The number of aryl methyl sites for hydroxylation is 1. The molecule has 44 heavy (non-hydrogen) atoms. The predicted molar refractivity (Wildman–Crippen MR) is 141 cm³/mol. The Morgan fingerprint density at radius 2 is 1.45 bits per heavy atom. The number of hydrogen-bond donors (Lipinski definition) is 0. The molecule has 0 amide bonds. The Bertz CT molecular complexity index is 1640. The van der Waals surface area contributed by atoms with Crippen molar-refractivity contribution in [2.75, 3.05) is 0 Å². The first-order valence-corrected chi connectivity index (χ1v) is 12.7. The van der Waals surface area contributed by atoms with Gasteiger partial charge in [-0.1, -0.05) is 48.2 Å². The second-order valence-corrected chi connectivity index (χ2v) is 9.44. The highest BCUT2D eigenvalue weighted by Gasteiger charge is 2.40. The SMILES string of the molecule is C=CCCc1ccc(-c2ccc(C(F)(F)OC3=CC(F)C(C#Cc4cc(F)c(OC(F)(F)F)c(F)c4)C(F)=C3)c(F)c2)cc1. The van der Waals surface area contributed by atoms with E-state index in [0.29, 0.717) is 35.4 Å². The molecule has 2 unspecified atom stereocenters. The van der Waals surface area contributed by atoms with Crippen molar-refractivity contribution in [2.24, 2.45) is 5.92 Å². The van der Waals surface area contributed by atoms with Crippen LogP contribution in [0.5, 0.6) is 5.75 Å². The van der Waals surface area contributed by atoms with Crippen LogP contribution in [0.2, 0.25) is 0 Å². The smallest absolute Gasteiger partial charge is 0.429 e. The maximum Gasteiger partial charge on any atom is 0.573 e. The zero-order valence-electron chi connectivity index (χ0n) is 22.3. The third-order valence-corrected chi connectivity index (χ3v) is 6.26. The molecule has 1 aliphatic carbocycles. The lowest BCUT2D eigenvalue weighted by Crippen LogP contribution is -2.23. The van der Waals surface area contributed by atoms with Crippen molar-refractivity contribution in [1.82, 2.24) is 0 Å². The average molecular weight is 626 g/mol. The molecule has 0 aromatic heterocycles. The van der Waals surface area contributed by atoms with Gasteiger partial charge >= 0.3 is 12.5 Å². The summed E-state index contributed by atoms with van der Waals surface area (Å²) < 4.78 is 146. The summed E-state index contributed by atoms with van der Waals surface area (Å²) in [5.74, 6) is -6.96. The number of hydrogen-bond acceptors (Lipinski definition) is 2. The van der Waals surface area contributed by atoms with E-state index in [4.69, 9.17) is 0 Å². The average Bonchev–Trinajstić information content (AvgIpc) is 2.93. The lowest BCUT2D eigenvalue weighted by molar-refractivity contribution is -0.276. The number of rotatable bonds is 8. The molecule has 12 heteroatoms. The Morgan fingerprint density at radius 1 is 0.818 bits per heavy atom. The van der Waals surface area contributed by atoms with Crippen molar-refractivity contribution in [3.8, 4) is 28.7 Å². The molecule has 0 fully saturated rings. The van der Waals surface area contributed by atoms with Crippen molar-refractivity contribution in [3.63, 3.8) is 0 Å². The van der Waals surface area contributed by atoms with Gasteiger partial charge in [0.1, 0.15) is 29.5 Å². The molecule has 0 aliphatic heterocycles. The van der Waals surface area contributed by atoms with Gasteiger partial charge in [-0.25, -0.2) is 22.0 Å². The van der Waals surface area contributed by atoms with Gasteiger partial charge in [0, 0.05) is 11.6 Å². The summed E-state index contributed by atoms with van der Waals surface area (Å²) in [5, 5.41) is 0. The molecule has 4 rings (SSSR count). The summed E-state index contributed by atoms with van der Waals surface area (Å²) in [6, 6.07) is 10.6. The fourth-order valence-corrected chi connectivity index (χ4v) is 4.16. The van der Waals surface area contributed by atoms with Gasteiger partial charge in [0.15, 0.2) is 11.6 Å². The second-order valence-electron chi connectivity index (χ2n) is 9.44. The lowest BCUT2D eigenvalue weighted by Gasteiger charge is -2.23. The van der Waals surface area contributed by atoms with Crippen LogP contribution in [0.15, 0.2) is 91.0 Å². The van der Waals surface area contributed by atoms with E-state index < -0.39 is 70.5 Å². The molecule has 0 saturated heterocycles. The zero-order valence-corrected chi connectivity index (χ0v) is 22.3. The van der Waals surface area contributed by atoms with E-state index in [1.54, 1.807) is 18.2 Å². The summed E-state index contributed by atoms with van der Waals surface area (Å²) in [5.41, 5.74) is 0.0771. The normalized spacial score (nSPS) is 16.8. The Balaban J connectivity index is 1.47. The van der Waals surface area contributed by atoms with Crippen molar-refractivity contribution in [2.45, 2.75) is 31.5 Å². The first kappa shape index (κ1) is 32.3. The highest BCUT2D eigenvalue weighted by molar-refractivity contribution is 5.64. The van der Waals surface area contributed by atoms with Gasteiger partial charge in [-0.2, -0.15) is 8.78 Å². The molecule has 230 valence electrons. The maximum atomic E-state index is 14.9. The summed E-state index contributed by atoms with van der Waals surface area (Å²) >= 11 is 0. The summed E-state index contributed by atoms with van der Waals surface area (Å²) in [4.78, 5) is 0. The molecule has 2 nitrogen and oxygen atoms in total. The van der Waals surface area contributed by atoms with Crippen LogP contribution in [0, 0.1) is 35.2 Å². The molecule has 0 spiro atoms. The fraction of sp³-hybridized carbons (Fsp3) is 0.188. The quantitative estimate of drug-likeness (QED) is 0.141. The molecule has 3 aromatic rings. The fourth-order valence-electron chi connectivity index (χ4n) is 4.16. The predicted octanol–water partition coefficient (Wildman–Crippen LogP) is 9.61. The molecule has 0 bridgehead atoms. The Kier molecular flexibility index (Phi) is 9.47. The highest BCUT2D eigenvalue weighted by Crippen LogP contribution is 2.38. The summed E-state index contributed by atoms with van der Waals surface area (Å²) in [6.07, 6.45) is -8.05. The van der Waals surface area contributed by atoms with Gasteiger partial charge in [0.25, 0.3) is 0 Å². The van der Waals surface area contributed by atoms with Crippen LogP contribution in [-0.4, -0.2) is 12.5 Å². The molecule has 0 heterocycles. The van der Waals surface area contributed by atoms with E-state index in [1.165, 1.54) is 6.07 Å². The Hall–Kier alpha value is -4.66. The Morgan fingerprint density at radius 3 is 2.02 bits per heavy atom. The molecule has 0 N–H and O–H groups in total. The van der Waals surface area contributed by atoms with Crippen LogP contribution in [0.1, 0.15) is 23.1 Å². The second kappa shape index (κ2) is 12.9. The van der Waals surface area contributed by atoms with E-state index in [1.807, 2.05) is 24.0 Å². The van der Waals surface area contributed by atoms with E-state index in [9.17, 15) is 43.9 Å². The monoisotopic (exact) mass is 626 g/mol. The first-order chi connectivity index (χ1) is 20.7. The van der Waals surface area contributed by atoms with Crippen molar-refractivity contribution >= 4 is 0 Å². The molecular weight excluding hydrogens is 606 g/mol. The van der Waals surface area contributed by atoms with Crippen molar-refractivity contribution in [3.05, 3.63) is 125 Å². The van der Waals surface area contributed by atoms with Crippen molar-refractivity contribution in [1.29, 1.82) is 0 Å². The third kappa shape index (κ3) is 7.83. The zero-order chi connectivity index (χ0) is 32.2. The molecule has 1 aliphatic rings. The van der Waals surface area contributed by atoms with E-state index in [2.05, 4.69) is 16.1 Å². The minimum atomic E-state index is -5.39. The van der Waals surface area contributed by atoms with E-state index in [-0.39, 0.29) is 0 Å². The van der Waals surface area contributed by atoms with Crippen molar-refractivity contribution < 1.29 is 53.4 Å². The number of ether oxygens (including phenoxy) is 2. The van der Waals surface area contributed by atoms with Crippen LogP contribution in [-0.2, 0) is 17.3 Å². The molecule has 2 atom stereocenters. The minimum absolute atomic E-state index is 0.299. The Labute approximate surface area is 244 Å². The molecule has 3 aromatic carbocycles. The highest BCUT2D eigenvalue weighted by atomic mass is 19.4. The number of halogens is 10. The topological polar surface area (TPSA) is 18.5 Å². The van der Waals surface area contributed by atoms with Gasteiger partial charge in [-0.3, -0.25) is 0 Å². The van der Waals surface area contributed by atoms with Crippen LogP contribution < -0.4 is 4.74 Å². The lowest BCUT2D eigenvalue weighted by atomic mass is 9.96. The number of allylic oxidation sites excluding steroid dienone is 4. The first-order valence-electron chi connectivity index (χ1n) is 12.7. The van der Waals surface area contributed by atoms with Gasteiger partial charge in [-0.15, -0.1) is 19.8 Å². The largest absolute Gasteiger partial charge is 0.573 e. The minimum Gasteiger partial charge on any atom is -0.429 e. The van der Waals surface area contributed by atoms with E-state index in [0.717, 1.165) is 30.5 Å². The van der Waals surface area contributed by atoms with Gasteiger partial charge in [0.2, 0.25) is 5.75 Å². The maximum absolute atomic E-state index is 14.9. The van der Waals surface area contributed by atoms with Gasteiger partial charge < -0.3 is 9.47 Å². The van der Waals surface area contributed by atoms with Crippen LogP contribution in [0.4, 0.5) is 43.9 Å². The number of benzene rings is 3.